The Kier molecular flexibility index (Phi) is 3.47. The normalized spacial score (nSPS) is 24.8. The van der Waals surface area contributed by atoms with Crippen molar-refractivity contribution in [1.82, 2.24) is 4.90 Å². The molecule has 3 aliphatic rings. The second-order valence-electron chi connectivity index (χ2n) is 6.36. The van der Waals surface area contributed by atoms with E-state index in [4.69, 9.17) is 14.2 Å². The number of methoxy groups -OCH3 is 3. The average molecular weight is 341 g/mol. The molecular weight excluding hydrogens is 322 g/mol. The minimum Gasteiger partial charge on any atom is -0.493 e. The predicted molar refractivity (Wildman–Crippen MR) is 89.9 cm³/mol. The monoisotopic (exact) mass is 341 g/mol. The van der Waals surface area contributed by atoms with Crippen LogP contribution in [0.25, 0.3) is 0 Å². The molecule has 1 aliphatic carbocycles. The first kappa shape index (κ1) is 15.9. The highest BCUT2D eigenvalue weighted by atomic mass is 16.5. The van der Waals surface area contributed by atoms with Crippen LogP contribution in [0.4, 0.5) is 0 Å². The van der Waals surface area contributed by atoms with E-state index >= 15 is 0 Å². The minimum atomic E-state index is -0.637. The third-order valence-electron chi connectivity index (χ3n) is 5.32. The van der Waals surface area contributed by atoms with Crippen LogP contribution < -0.4 is 9.47 Å². The molecule has 6 nitrogen and oxygen atoms in total. The van der Waals surface area contributed by atoms with Gasteiger partial charge in [0.1, 0.15) is 0 Å². The first-order chi connectivity index (χ1) is 12.0. The van der Waals surface area contributed by atoms with Crippen LogP contribution in [0, 0.1) is 0 Å². The zero-order chi connectivity index (χ0) is 17.8. The molecule has 1 aromatic rings. The molecule has 1 atom stereocenters. The highest BCUT2D eigenvalue weighted by molar-refractivity contribution is 6.07. The molecule has 130 valence electrons. The zero-order valence-electron chi connectivity index (χ0n) is 14.4. The van der Waals surface area contributed by atoms with Gasteiger partial charge in [-0.2, -0.15) is 0 Å². The van der Waals surface area contributed by atoms with Crippen LogP contribution >= 0.6 is 0 Å². The van der Waals surface area contributed by atoms with E-state index in [1.54, 1.807) is 26.4 Å². The van der Waals surface area contributed by atoms with Crippen LogP contribution in [0.3, 0.4) is 0 Å². The minimum absolute atomic E-state index is 0.0343. The Labute approximate surface area is 145 Å². The Morgan fingerprint density at radius 1 is 1.04 bits per heavy atom. The third-order valence-corrected chi connectivity index (χ3v) is 5.32. The number of ketones is 2. The molecule has 0 radical (unpaired) electrons. The van der Waals surface area contributed by atoms with Gasteiger partial charge < -0.3 is 14.2 Å². The fourth-order valence-electron chi connectivity index (χ4n) is 4.15. The summed E-state index contributed by atoms with van der Waals surface area (Å²) in [6.07, 6.45) is 4.23. The lowest BCUT2D eigenvalue weighted by atomic mass is 9.74. The highest BCUT2D eigenvalue weighted by Gasteiger charge is 2.52. The van der Waals surface area contributed by atoms with Crippen molar-refractivity contribution in [2.45, 2.75) is 12.0 Å². The molecule has 0 amide bonds. The Morgan fingerprint density at radius 3 is 2.44 bits per heavy atom. The molecule has 0 saturated carbocycles. The lowest BCUT2D eigenvalue weighted by molar-refractivity contribution is -0.114. The quantitative estimate of drug-likeness (QED) is 0.836. The summed E-state index contributed by atoms with van der Waals surface area (Å²) in [7, 11) is 4.60. The first-order valence-electron chi connectivity index (χ1n) is 8.12. The van der Waals surface area contributed by atoms with Gasteiger partial charge in [0.25, 0.3) is 0 Å². The maximum absolute atomic E-state index is 12.7. The standard InChI is InChI=1S/C19H19NO5/c1-23-16-7-12-13(8-17(16)24-2)19-9-18(25-3)14(21)6-11(19)4-5-20(19)10-15(12)22/h6-9H,4-5,10H2,1-3H3/t19-/m0/s1. The summed E-state index contributed by atoms with van der Waals surface area (Å²) >= 11 is 0. The molecule has 1 aromatic carbocycles. The number of carbonyl (C=O) groups excluding carboxylic acids is 2. The topological polar surface area (TPSA) is 65.1 Å². The number of benzene rings is 1. The Morgan fingerprint density at radius 2 is 1.76 bits per heavy atom. The lowest BCUT2D eigenvalue weighted by Crippen LogP contribution is -2.49. The van der Waals surface area contributed by atoms with Gasteiger partial charge in [0.05, 0.1) is 33.4 Å². The van der Waals surface area contributed by atoms with Gasteiger partial charge in [0, 0.05) is 12.1 Å². The van der Waals surface area contributed by atoms with Gasteiger partial charge in [-0.1, -0.05) is 0 Å². The fraction of sp³-hybridized carbons (Fsp3) is 0.368. The number of fused-ring (bicyclic) bond motifs is 1. The number of allylic oxidation sites excluding steroid dienone is 1. The molecule has 0 N–H and O–H groups in total. The molecule has 1 fully saturated rings. The summed E-state index contributed by atoms with van der Waals surface area (Å²) in [5.74, 6) is 1.27. The van der Waals surface area contributed by atoms with Gasteiger partial charge in [0.15, 0.2) is 23.0 Å². The SMILES string of the molecule is COC1=C[C@@]23C(=CC1=O)CCN2CC(=O)c1cc(OC)c(OC)cc13. The average Bonchev–Trinajstić information content (AvgIpc) is 2.98. The molecule has 6 heteroatoms. The van der Waals surface area contributed by atoms with Crippen molar-refractivity contribution in [3.05, 3.63) is 46.7 Å². The summed E-state index contributed by atoms with van der Waals surface area (Å²) in [6, 6.07) is 3.58. The number of rotatable bonds is 3. The summed E-state index contributed by atoms with van der Waals surface area (Å²) in [5.41, 5.74) is 1.76. The molecule has 1 spiro atoms. The van der Waals surface area contributed by atoms with Crippen LogP contribution in [0.2, 0.25) is 0 Å². The summed E-state index contributed by atoms with van der Waals surface area (Å²) in [4.78, 5) is 27.0. The van der Waals surface area contributed by atoms with Gasteiger partial charge >= 0.3 is 0 Å². The van der Waals surface area contributed by atoms with Crippen molar-refractivity contribution in [3.8, 4) is 11.5 Å². The molecule has 4 rings (SSSR count). The summed E-state index contributed by atoms with van der Waals surface area (Å²) in [5, 5.41) is 0. The Balaban J connectivity index is 2.02. The predicted octanol–water partition coefficient (Wildman–Crippen LogP) is 1.84. The van der Waals surface area contributed by atoms with Crippen LogP contribution in [-0.2, 0) is 15.1 Å². The van der Waals surface area contributed by atoms with E-state index in [-0.39, 0.29) is 11.6 Å². The van der Waals surface area contributed by atoms with Gasteiger partial charge in [-0.05, 0) is 41.8 Å². The largest absolute Gasteiger partial charge is 0.493 e. The van der Waals surface area contributed by atoms with Crippen LogP contribution in [0.15, 0.2) is 35.6 Å². The van der Waals surface area contributed by atoms with E-state index in [1.165, 1.54) is 7.11 Å². The van der Waals surface area contributed by atoms with Crippen molar-refractivity contribution >= 4 is 11.6 Å². The molecule has 2 heterocycles. The van der Waals surface area contributed by atoms with E-state index in [0.29, 0.717) is 35.9 Å². The molecule has 1 saturated heterocycles. The molecule has 0 bridgehead atoms. The third kappa shape index (κ3) is 2.00. The first-order valence-corrected chi connectivity index (χ1v) is 8.12. The van der Waals surface area contributed by atoms with Crippen molar-refractivity contribution < 1.29 is 23.8 Å². The van der Waals surface area contributed by atoms with Gasteiger partial charge in [-0.25, -0.2) is 0 Å². The number of ether oxygens (including phenoxy) is 3. The molecule has 2 aliphatic heterocycles. The van der Waals surface area contributed by atoms with Gasteiger partial charge in [-0.15, -0.1) is 0 Å². The van der Waals surface area contributed by atoms with Crippen LogP contribution in [0.5, 0.6) is 11.5 Å². The smallest absolute Gasteiger partial charge is 0.220 e. The van der Waals surface area contributed by atoms with E-state index in [9.17, 15) is 9.59 Å². The molecule has 0 aromatic heterocycles. The number of carbonyl (C=O) groups is 2. The van der Waals surface area contributed by atoms with E-state index in [1.807, 2.05) is 12.1 Å². The maximum Gasteiger partial charge on any atom is 0.220 e. The van der Waals surface area contributed by atoms with E-state index in [0.717, 1.165) is 17.6 Å². The summed E-state index contributed by atoms with van der Waals surface area (Å²) < 4.78 is 16.1. The number of hydrogen-bond donors (Lipinski definition) is 0. The number of nitrogens with zero attached hydrogens (tertiary/aromatic N) is 1. The van der Waals surface area contributed by atoms with Gasteiger partial charge in [0.2, 0.25) is 5.78 Å². The second-order valence-corrected chi connectivity index (χ2v) is 6.36. The van der Waals surface area contributed by atoms with Crippen molar-refractivity contribution in [3.63, 3.8) is 0 Å². The van der Waals surface area contributed by atoms with E-state index < -0.39 is 5.54 Å². The Hall–Kier alpha value is -2.60. The fourth-order valence-corrected chi connectivity index (χ4v) is 4.15. The Bertz CT molecular complexity index is 854. The highest BCUT2D eigenvalue weighted by Crippen LogP contribution is 2.52. The van der Waals surface area contributed by atoms with Crippen molar-refractivity contribution in [2.75, 3.05) is 34.4 Å². The van der Waals surface area contributed by atoms with Crippen molar-refractivity contribution in [2.24, 2.45) is 0 Å². The second kappa shape index (κ2) is 5.46. The van der Waals surface area contributed by atoms with Crippen molar-refractivity contribution in [1.29, 1.82) is 0 Å². The molecule has 0 unspecified atom stereocenters. The zero-order valence-corrected chi connectivity index (χ0v) is 14.4. The van der Waals surface area contributed by atoms with Crippen LogP contribution in [-0.4, -0.2) is 50.9 Å². The molecular formula is C19H19NO5. The van der Waals surface area contributed by atoms with E-state index in [2.05, 4.69) is 4.90 Å². The number of Topliss-reactive ketones (excluding diaryl/α,β-unsaturated/α-hetero) is 1. The molecule has 25 heavy (non-hydrogen) atoms. The van der Waals surface area contributed by atoms with Gasteiger partial charge in [-0.3, -0.25) is 14.5 Å². The van der Waals surface area contributed by atoms with Crippen LogP contribution in [0.1, 0.15) is 22.3 Å². The summed E-state index contributed by atoms with van der Waals surface area (Å²) in [6.45, 7) is 1.01. The lowest BCUT2D eigenvalue weighted by Gasteiger charge is -2.43. The number of hydrogen-bond acceptors (Lipinski definition) is 6. The maximum atomic E-state index is 12.7.